The highest BCUT2D eigenvalue weighted by Crippen LogP contribution is 2.66. The van der Waals surface area contributed by atoms with Crippen LogP contribution in [0.4, 0.5) is 0 Å². The Morgan fingerprint density at radius 3 is 1.26 bits per heavy atom. The van der Waals surface area contributed by atoms with Crippen molar-refractivity contribution in [1.29, 1.82) is 0 Å². The summed E-state index contributed by atoms with van der Waals surface area (Å²) in [5, 5.41) is 0. The third-order valence-corrected chi connectivity index (χ3v) is 13.3. The number of hydrogen-bond acceptors (Lipinski definition) is 2. The Balaban J connectivity index is 1.17. The van der Waals surface area contributed by atoms with Gasteiger partial charge in [-0.1, -0.05) is 237 Å². The summed E-state index contributed by atoms with van der Waals surface area (Å²) < 4.78 is 0. The van der Waals surface area contributed by atoms with Gasteiger partial charge in [0.25, 0.3) is 0 Å². The molecule has 0 aliphatic heterocycles. The molecule has 0 bridgehead atoms. The van der Waals surface area contributed by atoms with Gasteiger partial charge in [-0.3, -0.25) is 0 Å². The van der Waals surface area contributed by atoms with Crippen LogP contribution in [0, 0.1) is 0 Å². The minimum atomic E-state index is -0.746. The summed E-state index contributed by atoms with van der Waals surface area (Å²) in [4.78, 5) is 11.0. The Kier molecular flexibility index (Phi) is 8.33. The molecule has 9 aromatic carbocycles. The Labute approximate surface area is 362 Å². The average Bonchev–Trinajstić information content (AvgIpc) is 3.67. The maximum absolute atomic E-state index is 5.52. The van der Waals surface area contributed by atoms with Crippen LogP contribution in [0.1, 0.15) is 44.5 Å². The summed E-state index contributed by atoms with van der Waals surface area (Å²) in [6, 6.07) is 88.3. The summed E-state index contributed by atoms with van der Waals surface area (Å²) in [6.07, 6.45) is 0. The predicted octanol–water partition coefficient (Wildman–Crippen LogP) is 14.2. The number of aromatic nitrogens is 2. The summed E-state index contributed by atoms with van der Waals surface area (Å²) in [7, 11) is 0. The van der Waals surface area contributed by atoms with Crippen molar-refractivity contribution in [3.8, 4) is 56.2 Å². The van der Waals surface area contributed by atoms with Gasteiger partial charge in [-0.15, -0.1) is 0 Å². The van der Waals surface area contributed by atoms with Crippen molar-refractivity contribution in [2.75, 3.05) is 0 Å². The van der Waals surface area contributed by atoms with E-state index in [2.05, 4.69) is 243 Å². The molecule has 0 saturated carbocycles. The Morgan fingerprint density at radius 1 is 0.258 bits per heavy atom. The molecule has 2 aliphatic carbocycles. The van der Waals surface area contributed by atoms with Gasteiger partial charge in [-0.25, -0.2) is 9.97 Å². The second-order valence-corrected chi connectivity index (χ2v) is 16.4. The second-order valence-electron chi connectivity index (χ2n) is 16.4. The smallest absolute Gasteiger partial charge is 0.160 e. The SMILES string of the molecule is c1ccc(-c2ccc(-c3cc(-c4ccccc4)nc(-c4ccccc4C4(c5ccccc5)c5ccccc5C5(c6ccccc6)c6ccccc6-c6cccc4c65)n3)cc2)cc1. The average molecular weight is 789 g/mol. The molecule has 0 amide bonds. The fourth-order valence-corrected chi connectivity index (χ4v) is 10.8. The van der Waals surface area contributed by atoms with Crippen molar-refractivity contribution in [2.45, 2.75) is 10.8 Å². The van der Waals surface area contributed by atoms with Gasteiger partial charge in [0.15, 0.2) is 5.82 Å². The lowest BCUT2D eigenvalue weighted by molar-refractivity contribution is 0.627. The van der Waals surface area contributed by atoms with Crippen LogP contribution in [0.15, 0.2) is 243 Å². The fourth-order valence-electron chi connectivity index (χ4n) is 10.8. The van der Waals surface area contributed by atoms with Crippen LogP contribution in [0.25, 0.3) is 56.2 Å². The molecule has 2 heteroatoms. The Bertz CT molecular complexity index is 3270. The van der Waals surface area contributed by atoms with Crippen LogP contribution >= 0.6 is 0 Å². The first-order valence-electron chi connectivity index (χ1n) is 21.4. The van der Waals surface area contributed by atoms with Crippen LogP contribution in [-0.2, 0) is 10.8 Å². The van der Waals surface area contributed by atoms with Crippen LogP contribution in [0.2, 0.25) is 0 Å². The van der Waals surface area contributed by atoms with E-state index in [1.54, 1.807) is 0 Å². The molecule has 2 aliphatic rings. The van der Waals surface area contributed by atoms with E-state index in [1.807, 2.05) is 0 Å². The minimum absolute atomic E-state index is 0.531. The fraction of sp³-hybridized carbons (Fsp3) is 0.0333. The quantitative estimate of drug-likeness (QED) is 0.161. The number of fused-ring (bicyclic) bond motifs is 5. The molecule has 0 spiro atoms. The largest absolute Gasteiger partial charge is 0.228 e. The highest BCUT2D eigenvalue weighted by atomic mass is 14.9. The molecule has 1 aromatic heterocycles. The van der Waals surface area contributed by atoms with Gasteiger partial charge in [0, 0.05) is 16.7 Å². The van der Waals surface area contributed by atoms with E-state index in [-0.39, 0.29) is 0 Å². The minimum Gasteiger partial charge on any atom is -0.228 e. The number of hydrogen-bond donors (Lipinski definition) is 0. The summed E-state index contributed by atoms with van der Waals surface area (Å²) >= 11 is 0. The highest BCUT2D eigenvalue weighted by molar-refractivity contribution is 5.92. The molecule has 0 fully saturated rings. The highest BCUT2D eigenvalue weighted by Gasteiger charge is 2.58. The molecule has 12 rings (SSSR count). The van der Waals surface area contributed by atoms with E-state index in [4.69, 9.17) is 9.97 Å². The summed E-state index contributed by atoms with van der Waals surface area (Å²) in [5.41, 5.74) is 18.5. The van der Waals surface area contributed by atoms with E-state index in [9.17, 15) is 0 Å². The molecule has 1 heterocycles. The lowest BCUT2D eigenvalue weighted by Crippen LogP contribution is -2.44. The van der Waals surface area contributed by atoms with E-state index in [1.165, 1.54) is 61.2 Å². The monoisotopic (exact) mass is 788 g/mol. The Hall–Kier alpha value is -7.94. The normalized spacial score (nSPS) is 16.8. The molecule has 0 N–H and O–H groups in total. The van der Waals surface area contributed by atoms with E-state index >= 15 is 0 Å². The van der Waals surface area contributed by atoms with E-state index in [0.717, 1.165) is 33.6 Å². The third kappa shape index (κ3) is 5.23. The van der Waals surface area contributed by atoms with Crippen LogP contribution in [0.3, 0.4) is 0 Å². The van der Waals surface area contributed by atoms with Crippen LogP contribution in [0.5, 0.6) is 0 Å². The molecule has 2 nitrogen and oxygen atoms in total. The molecule has 2 unspecified atom stereocenters. The molecule has 290 valence electrons. The van der Waals surface area contributed by atoms with Gasteiger partial charge >= 0.3 is 0 Å². The molecule has 2 atom stereocenters. The van der Waals surface area contributed by atoms with Gasteiger partial charge in [-0.05, 0) is 72.8 Å². The zero-order chi connectivity index (χ0) is 41.1. The summed E-state index contributed by atoms with van der Waals surface area (Å²) in [6.45, 7) is 0. The number of benzene rings is 9. The number of nitrogens with zero attached hydrogens (tertiary/aromatic N) is 2. The van der Waals surface area contributed by atoms with Crippen molar-refractivity contribution in [3.05, 3.63) is 287 Å². The van der Waals surface area contributed by atoms with Gasteiger partial charge in [0.2, 0.25) is 0 Å². The summed E-state index contributed by atoms with van der Waals surface area (Å²) in [5.74, 6) is 0.688. The van der Waals surface area contributed by atoms with Gasteiger partial charge < -0.3 is 0 Å². The maximum atomic E-state index is 5.52. The lowest BCUT2D eigenvalue weighted by atomic mass is 9.51. The van der Waals surface area contributed by atoms with Crippen molar-refractivity contribution in [2.24, 2.45) is 0 Å². The van der Waals surface area contributed by atoms with Crippen molar-refractivity contribution >= 4 is 0 Å². The molecular formula is C60H40N2. The Morgan fingerprint density at radius 2 is 0.645 bits per heavy atom. The maximum Gasteiger partial charge on any atom is 0.160 e. The first-order valence-corrected chi connectivity index (χ1v) is 21.4. The van der Waals surface area contributed by atoms with E-state index in [0.29, 0.717) is 5.82 Å². The van der Waals surface area contributed by atoms with Crippen molar-refractivity contribution in [1.82, 2.24) is 9.97 Å². The van der Waals surface area contributed by atoms with E-state index < -0.39 is 10.8 Å². The standard InChI is InChI=1S/C60H40N2/c1-5-20-41(21-6-1)42-36-38-44(39-37-42)56-40-55(43-22-7-2-8-23-43)61-58(62-56)49-29-14-16-32-51(49)59(45-24-9-3-10-25-45)52-33-17-18-34-53(52)60(46-26-11-4-12-27-46)50-31-15-13-28-47(50)48-30-19-35-54(59)57(48)60/h1-40H. The molecule has 0 saturated heterocycles. The molecule has 62 heavy (non-hydrogen) atoms. The van der Waals surface area contributed by atoms with Crippen molar-refractivity contribution < 1.29 is 0 Å². The first kappa shape index (κ1) is 36.0. The van der Waals surface area contributed by atoms with Crippen LogP contribution in [-0.4, -0.2) is 9.97 Å². The lowest BCUT2D eigenvalue weighted by Gasteiger charge is -2.50. The zero-order valence-electron chi connectivity index (χ0n) is 34.0. The zero-order valence-corrected chi connectivity index (χ0v) is 34.0. The second kappa shape index (κ2) is 14.4. The predicted molar refractivity (Wildman–Crippen MR) is 253 cm³/mol. The molecule has 0 radical (unpaired) electrons. The van der Waals surface area contributed by atoms with Crippen LogP contribution < -0.4 is 0 Å². The number of rotatable bonds is 7. The van der Waals surface area contributed by atoms with Gasteiger partial charge in [-0.2, -0.15) is 0 Å². The topological polar surface area (TPSA) is 25.8 Å². The first-order chi connectivity index (χ1) is 30.8. The van der Waals surface area contributed by atoms with Gasteiger partial charge in [0.05, 0.1) is 22.2 Å². The van der Waals surface area contributed by atoms with Gasteiger partial charge in [0.1, 0.15) is 0 Å². The van der Waals surface area contributed by atoms with Crippen molar-refractivity contribution in [3.63, 3.8) is 0 Å². The third-order valence-electron chi connectivity index (χ3n) is 13.3. The molecular weight excluding hydrogens is 749 g/mol. The molecule has 10 aromatic rings.